The van der Waals surface area contributed by atoms with Gasteiger partial charge in [0.2, 0.25) is 6.41 Å². The van der Waals surface area contributed by atoms with Crippen molar-refractivity contribution in [1.29, 1.82) is 0 Å². The monoisotopic (exact) mass is 222 g/mol. The molecule has 5 nitrogen and oxygen atoms in total. The first-order valence-electron chi connectivity index (χ1n) is 5.02. The maximum atomic E-state index is 10.4. The van der Waals surface area contributed by atoms with Crippen molar-refractivity contribution in [2.24, 2.45) is 0 Å². The number of carboxylic acid groups (broad SMARTS) is 1. The fourth-order valence-corrected chi connectivity index (χ4v) is 1.44. The van der Waals surface area contributed by atoms with Crippen LogP contribution in [-0.2, 0) is 16.0 Å². The number of carbonyl (C=O) groups is 2. The summed E-state index contributed by atoms with van der Waals surface area (Å²) in [7, 11) is 0. The van der Waals surface area contributed by atoms with Gasteiger partial charge in [0.05, 0.1) is 0 Å². The molecule has 16 heavy (non-hydrogen) atoms. The van der Waals surface area contributed by atoms with E-state index in [1.165, 1.54) is 0 Å². The molecule has 1 amide bonds. The van der Waals surface area contributed by atoms with Gasteiger partial charge in [-0.25, -0.2) is 0 Å². The highest BCUT2D eigenvalue weighted by Gasteiger charge is 2.10. The average Bonchev–Trinajstić information content (AvgIpc) is 2.27. The number of hydrogen-bond donors (Lipinski definition) is 2. The minimum atomic E-state index is -0.858. The Morgan fingerprint density at radius 2 is 2.44 bits per heavy atom. The van der Waals surface area contributed by atoms with Gasteiger partial charge in [0.25, 0.3) is 0 Å². The Kier molecular flexibility index (Phi) is 4.98. The van der Waals surface area contributed by atoms with E-state index in [2.05, 4.69) is 10.3 Å². The molecule has 0 bridgehead atoms. The van der Waals surface area contributed by atoms with Crippen LogP contribution in [0.25, 0.3) is 0 Å². The smallest absolute Gasteiger partial charge is 0.303 e. The molecular formula is C11H14N2O3. The second-order valence-electron chi connectivity index (χ2n) is 3.48. The van der Waals surface area contributed by atoms with Gasteiger partial charge in [0.1, 0.15) is 0 Å². The van der Waals surface area contributed by atoms with Gasteiger partial charge in [-0.05, 0) is 24.5 Å². The molecule has 1 aromatic heterocycles. The topological polar surface area (TPSA) is 79.3 Å². The molecule has 0 spiro atoms. The van der Waals surface area contributed by atoms with E-state index in [-0.39, 0.29) is 12.5 Å². The maximum Gasteiger partial charge on any atom is 0.303 e. The number of rotatable bonds is 7. The lowest BCUT2D eigenvalue weighted by Gasteiger charge is -2.14. The van der Waals surface area contributed by atoms with E-state index >= 15 is 0 Å². The van der Waals surface area contributed by atoms with Crippen LogP contribution >= 0.6 is 0 Å². The third kappa shape index (κ3) is 4.54. The third-order valence-corrected chi connectivity index (χ3v) is 2.22. The molecule has 1 aromatic rings. The lowest BCUT2D eigenvalue weighted by atomic mass is 10.0. The summed E-state index contributed by atoms with van der Waals surface area (Å²) in [6, 6.07) is 3.55. The predicted molar refractivity (Wildman–Crippen MR) is 57.8 cm³/mol. The first kappa shape index (κ1) is 12.2. The van der Waals surface area contributed by atoms with Crippen LogP contribution in [0.1, 0.15) is 18.4 Å². The van der Waals surface area contributed by atoms with Crippen molar-refractivity contribution in [3.8, 4) is 0 Å². The number of carboxylic acids is 1. The molecule has 1 rings (SSSR count). The molecule has 0 fully saturated rings. The van der Waals surface area contributed by atoms with Crippen LogP contribution in [-0.4, -0.2) is 28.5 Å². The van der Waals surface area contributed by atoms with Gasteiger partial charge in [-0.3, -0.25) is 14.6 Å². The molecule has 1 unspecified atom stereocenters. The van der Waals surface area contributed by atoms with E-state index in [9.17, 15) is 9.59 Å². The number of aliphatic carboxylic acids is 1. The SMILES string of the molecule is O=CNC(CCC(=O)O)Cc1cccnc1. The van der Waals surface area contributed by atoms with Gasteiger partial charge in [-0.15, -0.1) is 0 Å². The highest BCUT2D eigenvalue weighted by atomic mass is 16.4. The summed E-state index contributed by atoms with van der Waals surface area (Å²) in [6.45, 7) is 0. The fourth-order valence-electron chi connectivity index (χ4n) is 1.44. The van der Waals surface area contributed by atoms with Crippen molar-refractivity contribution in [1.82, 2.24) is 10.3 Å². The van der Waals surface area contributed by atoms with Crippen molar-refractivity contribution >= 4 is 12.4 Å². The number of nitrogens with one attached hydrogen (secondary N) is 1. The predicted octanol–water partition coefficient (Wildman–Crippen LogP) is 0.603. The van der Waals surface area contributed by atoms with E-state index in [0.29, 0.717) is 19.3 Å². The molecular weight excluding hydrogens is 208 g/mol. The Hall–Kier alpha value is -1.91. The molecule has 2 N–H and O–H groups in total. The molecule has 0 aliphatic rings. The van der Waals surface area contributed by atoms with Gasteiger partial charge in [0, 0.05) is 24.9 Å². The minimum absolute atomic E-state index is 0.0474. The highest BCUT2D eigenvalue weighted by molar-refractivity contribution is 5.66. The van der Waals surface area contributed by atoms with Crippen LogP contribution in [0.2, 0.25) is 0 Å². The summed E-state index contributed by atoms with van der Waals surface area (Å²) in [5.41, 5.74) is 0.979. The minimum Gasteiger partial charge on any atom is -0.481 e. The summed E-state index contributed by atoms with van der Waals surface area (Å²) in [5.74, 6) is -0.858. The lowest BCUT2D eigenvalue weighted by Crippen LogP contribution is -2.30. The van der Waals surface area contributed by atoms with Gasteiger partial charge in [-0.1, -0.05) is 6.07 Å². The van der Waals surface area contributed by atoms with Gasteiger partial charge in [-0.2, -0.15) is 0 Å². The highest BCUT2D eigenvalue weighted by Crippen LogP contribution is 2.06. The van der Waals surface area contributed by atoms with Crippen LogP contribution in [0, 0.1) is 0 Å². The van der Waals surface area contributed by atoms with E-state index in [1.807, 2.05) is 12.1 Å². The quantitative estimate of drug-likeness (QED) is 0.662. The number of aromatic nitrogens is 1. The van der Waals surface area contributed by atoms with Crippen molar-refractivity contribution in [2.45, 2.75) is 25.3 Å². The second-order valence-corrected chi connectivity index (χ2v) is 3.48. The lowest BCUT2D eigenvalue weighted by molar-refractivity contribution is -0.137. The average molecular weight is 222 g/mol. The van der Waals surface area contributed by atoms with Crippen molar-refractivity contribution < 1.29 is 14.7 Å². The van der Waals surface area contributed by atoms with E-state index in [1.54, 1.807) is 12.4 Å². The van der Waals surface area contributed by atoms with Gasteiger partial charge >= 0.3 is 5.97 Å². The Balaban J connectivity index is 2.50. The number of pyridine rings is 1. The number of hydrogen-bond acceptors (Lipinski definition) is 3. The summed E-state index contributed by atoms with van der Waals surface area (Å²) < 4.78 is 0. The molecule has 1 atom stereocenters. The standard InChI is InChI=1S/C11H14N2O3/c14-8-13-10(3-4-11(15)16)6-9-2-1-5-12-7-9/h1-2,5,7-8,10H,3-4,6H2,(H,13,14)(H,15,16). The Bertz CT molecular complexity index is 340. The zero-order valence-corrected chi connectivity index (χ0v) is 8.80. The zero-order valence-electron chi connectivity index (χ0n) is 8.80. The Morgan fingerprint density at radius 1 is 1.62 bits per heavy atom. The van der Waals surface area contributed by atoms with E-state index in [4.69, 9.17) is 5.11 Å². The molecule has 0 saturated heterocycles. The maximum absolute atomic E-state index is 10.4. The summed E-state index contributed by atoms with van der Waals surface area (Å²) in [4.78, 5) is 24.8. The van der Waals surface area contributed by atoms with Crippen LogP contribution in [0.5, 0.6) is 0 Å². The number of carbonyl (C=O) groups excluding carboxylic acids is 1. The van der Waals surface area contributed by atoms with Crippen LogP contribution in [0.3, 0.4) is 0 Å². The molecule has 0 aliphatic carbocycles. The van der Waals surface area contributed by atoms with Crippen molar-refractivity contribution in [3.05, 3.63) is 30.1 Å². The van der Waals surface area contributed by atoms with Gasteiger partial charge in [0.15, 0.2) is 0 Å². The van der Waals surface area contributed by atoms with Crippen LogP contribution in [0.15, 0.2) is 24.5 Å². The molecule has 0 radical (unpaired) electrons. The molecule has 0 saturated carbocycles. The van der Waals surface area contributed by atoms with E-state index < -0.39 is 5.97 Å². The number of nitrogens with zero attached hydrogens (tertiary/aromatic N) is 1. The summed E-state index contributed by atoms with van der Waals surface area (Å²) >= 11 is 0. The Labute approximate surface area is 93.5 Å². The van der Waals surface area contributed by atoms with Crippen LogP contribution in [0.4, 0.5) is 0 Å². The molecule has 1 heterocycles. The second kappa shape index (κ2) is 6.55. The molecule has 0 aliphatic heterocycles. The largest absolute Gasteiger partial charge is 0.481 e. The first-order chi connectivity index (χ1) is 7.72. The zero-order chi connectivity index (χ0) is 11.8. The van der Waals surface area contributed by atoms with Gasteiger partial charge < -0.3 is 10.4 Å². The van der Waals surface area contributed by atoms with Crippen LogP contribution < -0.4 is 5.32 Å². The normalized spacial score (nSPS) is 11.8. The Morgan fingerprint density at radius 3 is 3.00 bits per heavy atom. The first-order valence-corrected chi connectivity index (χ1v) is 5.02. The third-order valence-electron chi connectivity index (χ3n) is 2.22. The molecule has 0 aromatic carbocycles. The van der Waals surface area contributed by atoms with E-state index in [0.717, 1.165) is 5.56 Å². The fraction of sp³-hybridized carbons (Fsp3) is 0.364. The summed E-state index contributed by atoms with van der Waals surface area (Å²) in [6.07, 6.45) is 5.04. The molecule has 5 heteroatoms. The molecule has 86 valence electrons. The van der Waals surface area contributed by atoms with Crippen molar-refractivity contribution in [3.63, 3.8) is 0 Å². The van der Waals surface area contributed by atoms with Crippen molar-refractivity contribution in [2.75, 3.05) is 0 Å². The number of amides is 1. The summed E-state index contributed by atoms with van der Waals surface area (Å²) in [5, 5.41) is 11.2.